The summed E-state index contributed by atoms with van der Waals surface area (Å²) >= 11 is 5.92. The fraction of sp³-hybridized carbons (Fsp3) is 0.118. The SMILES string of the molecule is CCOc1cc(-c2ccc(Cl)cc2)[o+]c2ccccc12. The molecule has 20 heavy (non-hydrogen) atoms. The Kier molecular flexibility index (Phi) is 3.57. The van der Waals surface area contributed by atoms with Crippen LogP contribution in [0.4, 0.5) is 0 Å². The lowest BCUT2D eigenvalue weighted by molar-refractivity contribution is 0.342. The summed E-state index contributed by atoms with van der Waals surface area (Å²) in [5.41, 5.74) is 1.78. The normalized spacial score (nSPS) is 10.7. The lowest BCUT2D eigenvalue weighted by Crippen LogP contribution is -1.93. The van der Waals surface area contributed by atoms with E-state index >= 15 is 0 Å². The second kappa shape index (κ2) is 5.51. The Balaban J connectivity index is 2.18. The average molecular weight is 286 g/mol. The highest BCUT2D eigenvalue weighted by Crippen LogP contribution is 2.33. The molecule has 0 aliphatic rings. The minimum absolute atomic E-state index is 0.619. The maximum Gasteiger partial charge on any atom is 0.364 e. The Morgan fingerprint density at radius 3 is 2.55 bits per heavy atom. The van der Waals surface area contributed by atoms with Gasteiger partial charge < -0.3 is 4.74 Å². The van der Waals surface area contributed by atoms with Crippen LogP contribution in [0.5, 0.6) is 5.75 Å². The van der Waals surface area contributed by atoms with Gasteiger partial charge in [-0.3, -0.25) is 0 Å². The second-order valence-corrected chi connectivity index (χ2v) is 4.85. The molecule has 2 nitrogen and oxygen atoms in total. The maximum atomic E-state index is 5.95. The van der Waals surface area contributed by atoms with Crippen molar-refractivity contribution in [1.82, 2.24) is 0 Å². The van der Waals surface area contributed by atoms with E-state index in [0.29, 0.717) is 11.6 Å². The van der Waals surface area contributed by atoms with Gasteiger partial charge in [-0.15, -0.1) is 0 Å². The van der Waals surface area contributed by atoms with E-state index in [-0.39, 0.29) is 0 Å². The maximum absolute atomic E-state index is 5.95. The van der Waals surface area contributed by atoms with Gasteiger partial charge >= 0.3 is 11.3 Å². The largest absolute Gasteiger partial charge is 0.493 e. The van der Waals surface area contributed by atoms with Gasteiger partial charge in [0.15, 0.2) is 0 Å². The zero-order valence-electron chi connectivity index (χ0n) is 11.1. The summed E-state index contributed by atoms with van der Waals surface area (Å²) < 4.78 is 11.7. The number of rotatable bonds is 3. The predicted octanol–water partition coefficient (Wildman–Crippen LogP) is 5.43. The molecule has 100 valence electrons. The fourth-order valence-electron chi connectivity index (χ4n) is 2.14. The molecule has 2 aromatic carbocycles. The molecular formula is C17H14ClO2+. The van der Waals surface area contributed by atoms with Gasteiger partial charge in [0.2, 0.25) is 0 Å². The van der Waals surface area contributed by atoms with E-state index in [1.807, 2.05) is 61.5 Å². The molecule has 0 aliphatic carbocycles. The van der Waals surface area contributed by atoms with Gasteiger partial charge in [-0.1, -0.05) is 23.7 Å². The van der Waals surface area contributed by atoms with Crippen molar-refractivity contribution in [3.8, 4) is 17.1 Å². The van der Waals surface area contributed by atoms with Crippen molar-refractivity contribution >= 4 is 22.6 Å². The molecule has 0 spiro atoms. The number of ether oxygens (including phenoxy) is 1. The third kappa shape index (κ3) is 2.47. The molecule has 0 saturated carbocycles. The molecule has 3 heteroatoms. The van der Waals surface area contributed by atoms with Crippen LogP contribution in [0.15, 0.2) is 59.0 Å². The first-order valence-electron chi connectivity index (χ1n) is 6.52. The number of benzene rings is 2. The van der Waals surface area contributed by atoms with E-state index in [2.05, 4.69) is 0 Å². The summed E-state index contributed by atoms with van der Waals surface area (Å²) in [5.74, 6) is 1.60. The van der Waals surface area contributed by atoms with Crippen LogP contribution in [0.25, 0.3) is 22.3 Å². The van der Waals surface area contributed by atoms with Crippen LogP contribution in [0.1, 0.15) is 6.92 Å². The van der Waals surface area contributed by atoms with Crippen LogP contribution in [0, 0.1) is 0 Å². The van der Waals surface area contributed by atoms with Gasteiger partial charge in [0.1, 0.15) is 11.1 Å². The van der Waals surface area contributed by atoms with Crippen molar-refractivity contribution in [2.45, 2.75) is 6.92 Å². The van der Waals surface area contributed by atoms with Crippen LogP contribution < -0.4 is 4.74 Å². The van der Waals surface area contributed by atoms with Gasteiger partial charge in [0, 0.05) is 11.1 Å². The van der Waals surface area contributed by atoms with Crippen molar-refractivity contribution in [2.24, 2.45) is 0 Å². The van der Waals surface area contributed by atoms with Crippen LogP contribution >= 0.6 is 11.6 Å². The van der Waals surface area contributed by atoms with Gasteiger partial charge in [-0.2, -0.15) is 0 Å². The molecule has 1 heterocycles. The van der Waals surface area contributed by atoms with E-state index in [1.165, 1.54) is 0 Å². The van der Waals surface area contributed by atoms with Crippen LogP contribution in [-0.4, -0.2) is 6.61 Å². The van der Waals surface area contributed by atoms with E-state index in [9.17, 15) is 0 Å². The quantitative estimate of drug-likeness (QED) is 0.598. The number of fused-ring (bicyclic) bond motifs is 1. The van der Waals surface area contributed by atoms with Crippen molar-refractivity contribution in [3.63, 3.8) is 0 Å². The Hall–Kier alpha value is -2.06. The molecule has 0 atom stereocenters. The molecule has 0 bridgehead atoms. The molecular weight excluding hydrogens is 272 g/mol. The van der Waals surface area contributed by atoms with E-state index in [0.717, 1.165) is 28.0 Å². The van der Waals surface area contributed by atoms with Gasteiger partial charge in [-0.25, -0.2) is 4.42 Å². The van der Waals surface area contributed by atoms with Crippen molar-refractivity contribution in [1.29, 1.82) is 0 Å². The molecule has 0 N–H and O–H groups in total. The highest BCUT2D eigenvalue weighted by Gasteiger charge is 2.19. The first-order valence-corrected chi connectivity index (χ1v) is 6.90. The number of hydrogen-bond donors (Lipinski definition) is 0. The summed E-state index contributed by atoms with van der Waals surface area (Å²) in [4.78, 5) is 0. The summed E-state index contributed by atoms with van der Waals surface area (Å²) in [6.07, 6.45) is 0. The summed E-state index contributed by atoms with van der Waals surface area (Å²) in [7, 11) is 0. The molecule has 0 radical (unpaired) electrons. The average Bonchev–Trinajstić information content (AvgIpc) is 2.48. The highest BCUT2D eigenvalue weighted by molar-refractivity contribution is 6.30. The minimum atomic E-state index is 0.619. The Morgan fingerprint density at radius 2 is 1.80 bits per heavy atom. The van der Waals surface area contributed by atoms with Crippen molar-refractivity contribution in [2.75, 3.05) is 6.61 Å². The molecule has 3 aromatic rings. The standard InChI is InChI=1S/C17H14ClO2/c1-2-19-17-11-16(12-7-9-13(18)10-8-12)20-15-6-4-3-5-14(15)17/h3-11H,2H2,1H3/q+1. The van der Waals surface area contributed by atoms with E-state index in [4.69, 9.17) is 20.8 Å². The Labute approximate surface area is 122 Å². The molecule has 1 aromatic heterocycles. The van der Waals surface area contributed by atoms with Crippen molar-refractivity contribution in [3.05, 3.63) is 59.6 Å². The van der Waals surface area contributed by atoms with E-state index < -0.39 is 0 Å². The molecule has 0 fully saturated rings. The zero-order chi connectivity index (χ0) is 13.9. The Bertz CT molecular complexity index is 736. The number of para-hydroxylation sites is 1. The van der Waals surface area contributed by atoms with Crippen LogP contribution in [-0.2, 0) is 0 Å². The molecule has 0 unspecified atom stereocenters. The molecule has 3 rings (SSSR count). The predicted molar refractivity (Wildman–Crippen MR) is 82.2 cm³/mol. The molecule has 0 amide bonds. The third-order valence-electron chi connectivity index (χ3n) is 3.06. The number of hydrogen-bond acceptors (Lipinski definition) is 1. The van der Waals surface area contributed by atoms with Crippen LogP contribution in [0.2, 0.25) is 5.02 Å². The van der Waals surface area contributed by atoms with Crippen LogP contribution in [0.3, 0.4) is 0 Å². The van der Waals surface area contributed by atoms with Gasteiger partial charge in [-0.05, 0) is 37.3 Å². The minimum Gasteiger partial charge on any atom is -0.493 e. The highest BCUT2D eigenvalue weighted by atomic mass is 35.5. The topological polar surface area (TPSA) is 20.5 Å². The van der Waals surface area contributed by atoms with Crippen molar-refractivity contribution < 1.29 is 9.15 Å². The monoisotopic (exact) mass is 285 g/mol. The Morgan fingerprint density at radius 1 is 1.05 bits per heavy atom. The molecule has 0 aliphatic heterocycles. The third-order valence-corrected chi connectivity index (χ3v) is 3.32. The zero-order valence-corrected chi connectivity index (χ0v) is 11.9. The summed E-state index contributed by atoms with van der Waals surface area (Å²) in [6.45, 7) is 2.59. The van der Waals surface area contributed by atoms with E-state index in [1.54, 1.807) is 0 Å². The first-order chi connectivity index (χ1) is 9.78. The lowest BCUT2D eigenvalue weighted by atomic mass is 10.1. The fourth-order valence-corrected chi connectivity index (χ4v) is 2.26. The molecule has 0 saturated heterocycles. The lowest BCUT2D eigenvalue weighted by Gasteiger charge is -2.03. The second-order valence-electron chi connectivity index (χ2n) is 4.41. The smallest absolute Gasteiger partial charge is 0.364 e. The van der Waals surface area contributed by atoms with Gasteiger partial charge in [0.25, 0.3) is 0 Å². The first kappa shape index (κ1) is 12.9. The summed E-state index contributed by atoms with van der Waals surface area (Å²) in [6, 6.07) is 17.4. The number of halogens is 1. The summed E-state index contributed by atoms with van der Waals surface area (Å²) in [5, 5.41) is 1.69. The van der Waals surface area contributed by atoms with Gasteiger partial charge in [0.05, 0.1) is 18.2 Å².